The molecule has 2 amide bonds. The molecule has 1 aliphatic rings. The van der Waals surface area contributed by atoms with Gasteiger partial charge in [0.15, 0.2) is 23.3 Å². The van der Waals surface area contributed by atoms with Crippen molar-refractivity contribution in [2.24, 2.45) is 5.73 Å². The summed E-state index contributed by atoms with van der Waals surface area (Å²) in [4.78, 5) is 36.9. The maximum absolute atomic E-state index is 14.8. The summed E-state index contributed by atoms with van der Waals surface area (Å²) in [6, 6.07) is 9.97. The van der Waals surface area contributed by atoms with Crippen molar-refractivity contribution in [3.63, 3.8) is 0 Å². The standard InChI is InChI=1S/C34H40F2N6O4S2/c1-22-33(48-21-40-22)24-8-6-23(7-9-24)27(37)18-29(43)38-12-4-2-3-5-13-39-30(44)19-46-32-25(10-11-26(35)31(32)36)28-20-47-34(41-28)42-14-16-45-17-15-42/h6-11,20-21,27H,2-5,12-19,37H2,1H3,(H,38,43)(H,39,44)/t27-/m0/s1. The second-order valence-electron chi connectivity index (χ2n) is 11.5. The van der Waals surface area contributed by atoms with Crippen molar-refractivity contribution in [2.75, 3.05) is 50.9 Å². The number of nitrogens with zero attached hydrogens (tertiary/aromatic N) is 3. The van der Waals surface area contributed by atoms with Gasteiger partial charge in [-0.05, 0) is 43.0 Å². The number of benzene rings is 2. The molecule has 0 spiro atoms. The quantitative estimate of drug-likeness (QED) is 0.129. The van der Waals surface area contributed by atoms with Crippen LogP contribution in [0.4, 0.5) is 13.9 Å². The third-order valence-electron chi connectivity index (χ3n) is 7.95. The number of ether oxygens (including phenoxy) is 2. The van der Waals surface area contributed by atoms with Crippen molar-refractivity contribution < 1.29 is 27.8 Å². The zero-order valence-corrected chi connectivity index (χ0v) is 28.4. The number of nitrogens with two attached hydrogens (primary N) is 1. The summed E-state index contributed by atoms with van der Waals surface area (Å²) in [5, 5.41) is 8.20. The Balaban J connectivity index is 0.959. The SMILES string of the molecule is Cc1ncsc1-c1ccc([C@@H](N)CC(=O)NCCCCCCNC(=O)COc2c(-c3csc(N4CCOCC4)n3)ccc(F)c2F)cc1. The van der Waals surface area contributed by atoms with Crippen molar-refractivity contribution in [1.82, 2.24) is 20.6 Å². The molecule has 0 bridgehead atoms. The second kappa shape index (κ2) is 17.4. The van der Waals surface area contributed by atoms with Crippen LogP contribution in [0.15, 0.2) is 47.3 Å². The largest absolute Gasteiger partial charge is 0.480 e. The highest BCUT2D eigenvalue weighted by molar-refractivity contribution is 7.14. The summed E-state index contributed by atoms with van der Waals surface area (Å²) in [7, 11) is 0. The minimum Gasteiger partial charge on any atom is -0.480 e. The maximum atomic E-state index is 14.8. The van der Waals surface area contributed by atoms with Crippen LogP contribution in [0, 0.1) is 18.6 Å². The third-order valence-corrected chi connectivity index (χ3v) is 9.83. The average Bonchev–Trinajstić information content (AvgIpc) is 3.76. The van der Waals surface area contributed by atoms with E-state index >= 15 is 0 Å². The zero-order valence-electron chi connectivity index (χ0n) is 26.8. The molecule has 4 N–H and O–H groups in total. The van der Waals surface area contributed by atoms with Gasteiger partial charge < -0.3 is 30.7 Å². The number of rotatable bonds is 16. The van der Waals surface area contributed by atoms with Crippen LogP contribution >= 0.6 is 22.7 Å². The molecule has 0 unspecified atom stereocenters. The molecule has 5 rings (SSSR count). The lowest BCUT2D eigenvalue weighted by Crippen LogP contribution is -2.36. The highest BCUT2D eigenvalue weighted by Gasteiger charge is 2.22. The predicted octanol–water partition coefficient (Wildman–Crippen LogP) is 5.62. The summed E-state index contributed by atoms with van der Waals surface area (Å²) in [5.41, 5.74) is 11.8. The van der Waals surface area contributed by atoms with E-state index in [0.717, 1.165) is 58.6 Å². The van der Waals surface area contributed by atoms with Gasteiger partial charge in [0.1, 0.15) is 0 Å². The Bertz CT molecular complexity index is 1660. The van der Waals surface area contributed by atoms with Gasteiger partial charge in [-0.3, -0.25) is 9.59 Å². The van der Waals surface area contributed by atoms with E-state index in [-0.39, 0.29) is 23.6 Å². The van der Waals surface area contributed by atoms with Crippen LogP contribution in [0.1, 0.15) is 49.4 Å². The average molecular weight is 699 g/mol. The molecular formula is C34H40F2N6O4S2. The Hall–Kier alpha value is -3.98. The third kappa shape index (κ3) is 9.56. The Kier molecular flexibility index (Phi) is 12.8. The van der Waals surface area contributed by atoms with Crippen molar-refractivity contribution >= 4 is 39.6 Å². The topological polar surface area (TPSA) is 132 Å². The molecule has 10 nitrogen and oxygen atoms in total. The number of carbonyl (C=O) groups is 2. The van der Waals surface area contributed by atoms with E-state index in [1.165, 1.54) is 17.4 Å². The highest BCUT2D eigenvalue weighted by atomic mass is 32.1. The van der Waals surface area contributed by atoms with Crippen LogP contribution < -0.4 is 26.0 Å². The van der Waals surface area contributed by atoms with E-state index in [4.69, 9.17) is 15.2 Å². The van der Waals surface area contributed by atoms with Crippen molar-refractivity contribution in [3.05, 3.63) is 70.2 Å². The Labute approximate surface area is 286 Å². The molecule has 1 fully saturated rings. The van der Waals surface area contributed by atoms with Crippen molar-refractivity contribution in [3.8, 4) is 27.4 Å². The van der Waals surface area contributed by atoms with Gasteiger partial charge in [0, 0.05) is 49.6 Å². The molecule has 1 saturated heterocycles. The number of nitrogens with one attached hydrogen (secondary N) is 2. The number of thiazole rings is 2. The smallest absolute Gasteiger partial charge is 0.257 e. The lowest BCUT2D eigenvalue weighted by atomic mass is 10.0. The molecule has 2 aromatic carbocycles. The Morgan fingerprint density at radius 2 is 1.71 bits per heavy atom. The Morgan fingerprint density at radius 3 is 2.40 bits per heavy atom. The van der Waals surface area contributed by atoms with E-state index in [9.17, 15) is 18.4 Å². The number of anilines is 1. The van der Waals surface area contributed by atoms with Gasteiger partial charge in [0.2, 0.25) is 11.7 Å². The number of halogens is 2. The fourth-order valence-electron chi connectivity index (χ4n) is 5.26. The van der Waals surface area contributed by atoms with E-state index < -0.39 is 30.2 Å². The normalized spacial score (nSPS) is 13.7. The maximum Gasteiger partial charge on any atom is 0.257 e. The molecule has 48 heavy (non-hydrogen) atoms. The molecule has 2 aromatic heterocycles. The first-order valence-corrected chi connectivity index (χ1v) is 17.7. The zero-order chi connectivity index (χ0) is 33.9. The fourth-order valence-corrected chi connectivity index (χ4v) is 6.95. The first-order valence-electron chi connectivity index (χ1n) is 16.0. The van der Waals surface area contributed by atoms with Crippen LogP contribution in [-0.2, 0) is 14.3 Å². The van der Waals surface area contributed by atoms with Gasteiger partial charge in [0.05, 0.1) is 35.0 Å². The number of amides is 2. The van der Waals surface area contributed by atoms with Gasteiger partial charge in [0.25, 0.3) is 5.91 Å². The van der Waals surface area contributed by atoms with Gasteiger partial charge in [-0.25, -0.2) is 14.4 Å². The van der Waals surface area contributed by atoms with E-state index in [0.29, 0.717) is 45.1 Å². The molecule has 14 heteroatoms. The Morgan fingerprint density at radius 1 is 1.00 bits per heavy atom. The molecule has 256 valence electrons. The number of carbonyl (C=O) groups excluding carboxylic acids is 2. The van der Waals surface area contributed by atoms with Gasteiger partial charge >= 0.3 is 0 Å². The van der Waals surface area contributed by atoms with Crippen molar-refractivity contribution in [1.29, 1.82) is 0 Å². The number of hydrogen-bond acceptors (Lipinski definition) is 10. The highest BCUT2D eigenvalue weighted by Crippen LogP contribution is 2.36. The lowest BCUT2D eigenvalue weighted by Gasteiger charge is -2.26. The van der Waals surface area contributed by atoms with Crippen LogP contribution in [0.25, 0.3) is 21.7 Å². The molecule has 0 radical (unpaired) electrons. The van der Waals surface area contributed by atoms with Gasteiger partial charge in [-0.15, -0.1) is 22.7 Å². The van der Waals surface area contributed by atoms with E-state index in [1.54, 1.807) is 16.7 Å². The lowest BCUT2D eigenvalue weighted by molar-refractivity contribution is -0.123. The van der Waals surface area contributed by atoms with E-state index in [1.807, 2.05) is 36.7 Å². The first-order chi connectivity index (χ1) is 23.3. The fraction of sp³-hybridized carbons (Fsp3) is 0.412. The minimum atomic E-state index is -1.16. The number of aromatic nitrogens is 2. The first kappa shape index (κ1) is 35.3. The number of hydrogen-bond donors (Lipinski definition) is 3. The monoisotopic (exact) mass is 698 g/mol. The van der Waals surface area contributed by atoms with Crippen LogP contribution in [0.5, 0.6) is 5.75 Å². The summed E-state index contributed by atoms with van der Waals surface area (Å²) in [6.07, 6.45) is 3.44. The number of aryl methyl sites for hydroxylation is 1. The molecule has 4 aromatic rings. The summed E-state index contributed by atoms with van der Waals surface area (Å²) in [5.74, 6) is -3.10. The molecule has 0 saturated carbocycles. The second-order valence-corrected chi connectivity index (χ2v) is 13.1. The van der Waals surface area contributed by atoms with E-state index in [2.05, 4.69) is 25.5 Å². The molecular weight excluding hydrogens is 659 g/mol. The van der Waals surface area contributed by atoms with Crippen molar-refractivity contribution in [2.45, 2.75) is 45.1 Å². The predicted molar refractivity (Wildman–Crippen MR) is 184 cm³/mol. The number of morpholine rings is 1. The van der Waals surface area contributed by atoms with Crippen LogP contribution in [0.2, 0.25) is 0 Å². The molecule has 3 heterocycles. The molecule has 1 atom stereocenters. The number of unbranched alkanes of at least 4 members (excludes halogenated alkanes) is 3. The summed E-state index contributed by atoms with van der Waals surface area (Å²) in [6.45, 7) is 5.08. The molecule has 1 aliphatic heterocycles. The van der Waals surface area contributed by atoms with Gasteiger partial charge in [-0.2, -0.15) is 4.39 Å². The van der Waals surface area contributed by atoms with Gasteiger partial charge in [-0.1, -0.05) is 37.1 Å². The van der Waals surface area contributed by atoms with Crippen LogP contribution in [0.3, 0.4) is 0 Å². The molecule has 0 aliphatic carbocycles. The summed E-state index contributed by atoms with van der Waals surface area (Å²) >= 11 is 2.99. The minimum absolute atomic E-state index is 0.0950. The summed E-state index contributed by atoms with van der Waals surface area (Å²) < 4.78 is 39.7. The van der Waals surface area contributed by atoms with Crippen LogP contribution in [-0.4, -0.2) is 67.8 Å².